The first-order valence-corrected chi connectivity index (χ1v) is 12.3. The van der Waals surface area contributed by atoms with Gasteiger partial charge in [0, 0.05) is 31.7 Å². The van der Waals surface area contributed by atoms with Crippen LogP contribution < -0.4 is 14.8 Å². The van der Waals surface area contributed by atoms with Gasteiger partial charge in [0.2, 0.25) is 0 Å². The van der Waals surface area contributed by atoms with Crippen molar-refractivity contribution in [3.63, 3.8) is 0 Å². The summed E-state index contributed by atoms with van der Waals surface area (Å²) in [6, 6.07) is 15.3. The fraction of sp³-hybridized carbons (Fsp3) is 0.333. The van der Waals surface area contributed by atoms with Crippen LogP contribution >= 0.6 is 0 Å². The molecule has 5 rings (SSSR count). The number of morpholine rings is 1. The van der Waals surface area contributed by atoms with Crippen LogP contribution in [0.25, 0.3) is 22.4 Å². The number of ether oxygens (including phenoxy) is 3. The van der Waals surface area contributed by atoms with Crippen LogP contribution in [0.1, 0.15) is 17.5 Å². The topological polar surface area (TPSA) is 121 Å². The second-order valence-electron chi connectivity index (χ2n) is 8.72. The molecule has 10 heteroatoms. The van der Waals surface area contributed by atoms with Crippen LogP contribution in [0.4, 0.5) is 5.82 Å². The SMILES string of the molecule is COc1ccc(CNc2nc(-c3cccc(C#N)c3)nc3[nH]ncc23)cc1OCCCN1CCOCC1. The van der Waals surface area contributed by atoms with Gasteiger partial charge in [-0.1, -0.05) is 18.2 Å². The van der Waals surface area contributed by atoms with Crippen molar-refractivity contribution in [3.8, 4) is 29.0 Å². The summed E-state index contributed by atoms with van der Waals surface area (Å²) in [4.78, 5) is 11.7. The Morgan fingerprint density at radius 2 is 2.03 bits per heavy atom. The van der Waals surface area contributed by atoms with Crippen LogP contribution in [0.3, 0.4) is 0 Å². The van der Waals surface area contributed by atoms with Crippen molar-refractivity contribution in [2.75, 3.05) is 51.9 Å². The minimum atomic E-state index is 0.510. The largest absolute Gasteiger partial charge is 0.493 e. The number of fused-ring (bicyclic) bond motifs is 1. The van der Waals surface area contributed by atoms with E-state index in [0.717, 1.165) is 55.8 Å². The van der Waals surface area contributed by atoms with E-state index in [4.69, 9.17) is 19.2 Å². The highest BCUT2D eigenvalue weighted by Gasteiger charge is 2.13. The highest BCUT2D eigenvalue weighted by Crippen LogP contribution is 2.29. The second-order valence-corrected chi connectivity index (χ2v) is 8.72. The molecule has 0 saturated carbocycles. The van der Waals surface area contributed by atoms with Gasteiger partial charge in [0.25, 0.3) is 0 Å². The molecular weight excluding hydrogens is 470 g/mol. The number of aromatic nitrogens is 4. The summed E-state index contributed by atoms with van der Waals surface area (Å²) in [5.74, 6) is 2.58. The molecular formula is C27H29N7O3. The number of anilines is 1. The molecule has 2 aromatic carbocycles. The monoisotopic (exact) mass is 499 g/mol. The Morgan fingerprint density at radius 3 is 2.86 bits per heavy atom. The average Bonchev–Trinajstić information content (AvgIpc) is 3.44. The zero-order valence-electron chi connectivity index (χ0n) is 20.7. The van der Waals surface area contributed by atoms with Crippen molar-refractivity contribution >= 4 is 16.9 Å². The number of nitriles is 1. The summed E-state index contributed by atoms with van der Waals surface area (Å²) in [6.07, 6.45) is 2.63. The van der Waals surface area contributed by atoms with E-state index < -0.39 is 0 Å². The standard InChI is InChI=1S/C27H29N7O3/c1-35-23-7-6-20(15-24(23)37-11-3-8-34-9-12-36-13-10-34)17-29-26-22-18-30-33-27(22)32-25(31-26)21-5-2-4-19(14-21)16-28/h2,4-7,14-15,18H,3,8-13,17H2,1H3,(H2,29,30,31,32,33). The second kappa shape index (κ2) is 11.7. The molecule has 0 unspecified atom stereocenters. The lowest BCUT2D eigenvalue weighted by molar-refractivity contribution is 0.0357. The first kappa shape index (κ1) is 24.5. The predicted molar refractivity (Wildman–Crippen MR) is 140 cm³/mol. The molecule has 2 N–H and O–H groups in total. The van der Waals surface area contributed by atoms with Gasteiger partial charge >= 0.3 is 0 Å². The van der Waals surface area contributed by atoms with Gasteiger partial charge in [0.05, 0.1) is 50.1 Å². The Kier molecular flexibility index (Phi) is 7.74. The summed E-state index contributed by atoms with van der Waals surface area (Å²) in [5, 5.41) is 20.5. The third-order valence-corrected chi connectivity index (χ3v) is 6.23. The Bertz CT molecular complexity index is 1390. The molecule has 10 nitrogen and oxygen atoms in total. The van der Waals surface area contributed by atoms with Crippen LogP contribution in [0, 0.1) is 11.3 Å². The number of nitrogens with zero attached hydrogens (tertiary/aromatic N) is 5. The van der Waals surface area contributed by atoms with Crippen LogP contribution in [0.5, 0.6) is 11.5 Å². The lowest BCUT2D eigenvalue weighted by Gasteiger charge is -2.26. The molecule has 0 spiro atoms. The highest BCUT2D eigenvalue weighted by molar-refractivity contribution is 5.87. The minimum absolute atomic E-state index is 0.510. The first-order valence-electron chi connectivity index (χ1n) is 12.3. The van der Waals surface area contributed by atoms with Crippen LogP contribution in [0.15, 0.2) is 48.7 Å². The molecule has 1 aliphatic rings. The molecule has 3 heterocycles. The van der Waals surface area contributed by atoms with Crippen molar-refractivity contribution in [2.24, 2.45) is 0 Å². The van der Waals surface area contributed by atoms with E-state index >= 15 is 0 Å². The fourth-order valence-electron chi connectivity index (χ4n) is 4.25. The number of nitrogens with one attached hydrogen (secondary N) is 2. The molecule has 0 amide bonds. The summed E-state index contributed by atoms with van der Waals surface area (Å²) in [7, 11) is 1.65. The van der Waals surface area contributed by atoms with Crippen molar-refractivity contribution in [1.29, 1.82) is 5.26 Å². The zero-order chi connectivity index (χ0) is 25.5. The molecule has 0 aliphatic carbocycles. The van der Waals surface area contributed by atoms with E-state index in [1.807, 2.05) is 30.3 Å². The summed E-state index contributed by atoms with van der Waals surface area (Å²) in [6.45, 7) is 5.66. The Hall–Kier alpha value is -4.20. The van der Waals surface area contributed by atoms with Gasteiger partial charge in [-0.25, -0.2) is 9.97 Å². The van der Waals surface area contributed by atoms with Gasteiger partial charge in [-0.15, -0.1) is 0 Å². The van der Waals surface area contributed by atoms with Crippen LogP contribution in [0.2, 0.25) is 0 Å². The van der Waals surface area contributed by atoms with Crippen LogP contribution in [-0.2, 0) is 11.3 Å². The number of H-pyrrole nitrogens is 1. The molecule has 2 aromatic heterocycles. The molecule has 4 aromatic rings. The maximum Gasteiger partial charge on any atom is 0.164 e. The van der Waals surface area contributed by atoms with E-state index in [-0.39, 0.29) is 0 Å². The maximum atomic E-state index is 9.25. The number of hydrogen-bond donors (Lipinski definition) is 2. The summed E-state index contributed by atoms with van der Waals surface area (Å²) >= 11 is 0. The highest BCUT2D eigenvalue weighted by atomic mass is 16.5. The molecule has 0 atom stereocenters. The predicted octanol–water partition coefficient (Wildman–Crippen LogP) is 3.61. The fourth-order valence-corrected chi connectivity index (χ4v) is 4.25. The van der Waals surface area contributed by atoms with Gasteiger partial charge in [0.15, 0.2) is 23.0 Å². The lowest BCUT2D eigenvalue weighted by Crippen LogP contribution is -2.37. The summed E-state index contributed by atoms with van der Waals surface area (Å²) < 4.78 is 17.0. The van der Waals surface area contributed by atoms with Crippen molar-refractivity contribution in [3.05, 3.63) is 59.8 Å². The van der Waals surface area contributed by atoms with Crippen molar-refractivity contribution in [1.82, 2.24) is 25.1 Å². The number of rotatable bonds is 10. The molecule has 1 aliphatic heterocycles. The molecule has 1 fully saturated rings. The number of methoxy groups -OCH3 is 1. The van der Waals surface area contributed by atoms with Gasteiger partial charge < -0.3 is 19.5 Å². The first-order chi connectivity index (χ1) is 18.2. The normalized spacial score (nSPS) is 13.8. The quantitative estimate of drug-likeness (QED) is 0.315. The molecule has 190 valence electrons. The third-order valence-electron chi connectivity index (χ3n) is 6.23. The Morgan fingerprint density at radius 1 is 1.14 bits per heavy atom. The molecule has 37 heavy (non-hydrogen) atoms. The van der Waals surface area contributed by atoms with Crippen molar-refractivity contribution < 1.29 is 14.2 Å². The van der Waals surface area contributed by atoms with E-state index in [1.54, 1.807) is 25.4 Å². The van der Waals surface area contributed by atoms with Gasteiger partial charge in [-0.05, 0) is 36.2 Å². The lowest BCUT2D eigenvalue weighted by atomic mass is 10.1. The Balaban J connectivity index is 1.28. The minimum Gasteiger partial charge on any atom is -0.493 e. The number of hydrogen-bond acceptors (Lipinski definition) is 9. The average molecular weight is 500 g/mol. The summed E-state index contributed by atoms with van der Waals surface area (Å²) in [5.41, 5.74) is 2.95. The van der Waals surface area contributed by atoms with E-state index in [1.165, 1.54) is 0 Å². The zero-order valence-corrected chi connectivity index (χ0v) is 20.7. The smallest absolute Gasteiger partial charge is 0.164 e. The molecule has 0 bridgehead atoms. The molecule has 0 radical (unpaired) electrons. The van der Waals surface area contributed by atoms with Gasteiger partial charge in [0.1, 0.15) is 5.82 Å². The number of aromatic amines is 1. The van der Waals surface area contributed by atoms with Crippen LogP contribution in [-0.4, -0.2) is 71.6 Å². The Labute approximate surface area is 215 Å². The third kappa shape index (κ3) is 5.97. The van der Waals surface area contributed by atoms with E-state index in [9.17, 15) is 5.26 Å². The van der Waals surface area contributed by atoms with Gasteiger partial charge in [-0.3, -0.25) is 10.00 Å². The van der Waals surface area contributed by atoms with E-state index in [2.05, 4.69) is 31.5 Å². The number of benzene rings is 2. The van der Waals surface area contributed by atoms with E-state index in [0.29, 0.717) is 47.5 Å². The van der Waals surface area contributed by atoms with Crippen molar-refractivity contribution in [2.45, 2.75) is 13.0 Å². The maximum absolute atomic E-state index is 9.25. The van der Waals surface area contributed by atoms with Gasteiger partial charge in [-0.2, -0.15) is 10.4 Å². The molecule has 1 saturated heterocycles.